The molecule has 0 rings (SSSR count). The molecule has 0 aliphatic carbocycles. The van der Waals surface area contributed by atoms with Crippen LogP contribution in [0.1, 0.15) is 136 Å². The van der Waals surface area contributed by atoms with Crippen LogP contribution in [-0.2, 0) is 37.5 Å². The van der Waals surface area contributed by atoms with Gasteiger partial charge in [-0.2, -0.15) is 0 Å². The zero-order valence-electron chi connectivity index (χ0n) is 35.7. The fraction of sp³-hybridized carbons (Fsp3) is 0.587. The first-order chi connectivity index (χ1) is 28.5. The molecule has 13 heteroatoms. The van der Waals surface area contributed by atoms with Crippen molar-refractivity contribution in [1.82, 2.24) is 0 Å². The molecule has 5 N–H and O–H groups in total. The molecule has 0 aliphatic rings. The molecular weight excluding hydrogens is 773 g/mol. The lowest BCUT2D eigenvalue weighted by Crippen LogP contribution is -2.34. The number of aliphatic hydroxyl groups excluding tert-OH is 1. The molecule has 0 aromatic rings. The van der Waals surface area contributed by atoms with E-state index in [-0.39, 0.29) is 18.9 Å². The van der Waals surface area contributed by atoms with Crippen LogP contribution in [0.4, 0.5) is 0 Å². The molecule has 0 radical (unpaired) electrons. The highest BCUT2D eigenvalue weighted by Crippen LogP contribution is 2.43. The van der Waals surface area contributed by atoms with E-state index in [9.17, 15) is 28.9 Å². The van der Waals surface area contributed by atoms with E-state index in [1.165, 1.54) is 0 Å². The van der Waals surface area contributed by atoms with Gasteiger partial charge in [0.1, 0.15) is 12.6 Å². The Labute approximate surface area is 354 Å². The lowest BCUT2D eigenvalue weighted by molar-refractivity contribution is -0.161. The number of carbonyl (C=O) groups excluding carboxylic acids is 2. The molecule has 0 saturated heterocycles. The zero-order valence-corrected chi connectivity index (χ0v) is 36.6. The van der Waals surface area contributed by atoms with E-state index < -0.39 is 57.7 Å². The van der Waals surface area contributed by atoms with Gasteiger partial charge in [-0.25, -0.2) is 4.57 Å². The SMILES string of the molecule is CC/C=C\C/C=C\C/C=C\C/C=C\CCCCCCC(=O)O[C@H](COC(=O)CCC/C=C\C/C=C\C/C=C\C/C=C\CCC[C@@H](C)O)COP(=O)(O)OC[C@H](N)C(=O)O. The van der Waals surface area contributed by atoms with Crippen molar-refractivity contribution < 1.29 is 52.6 Å². The summed E-state index contributed by atoms with van der Waals surface area (Å²) in [5.41, 5.74) is 5.32. The van der Waals surface area contributed by atoms with Gasteiger partial charge in [0.15, 0.2) is 6.10 Å². The summed E-state index contributed by atoms with van der Waals surface area (Å²) in [6.07, 6.45) is 47.5. The minimum Gasteiger partial charge on any atom is -0.480 e. The summed E-state index contributed by atoms with van der Waals surface area (Å²) in [7, 11) is -4.75. The number of carbonyl (C=O) groups is 3. The number of carboxylic acids is 1. The number of phosphoric ester groups is 1. The van der Waals surface area contributed by atoms with Crippen molar-refractivity contribution in [3.8, 4) is 0 Å². The molecule has 0 aromatic carbocycles. The number of aliphatic hydroxyl groups is 1. The van der Waals surface area contributed by atoms with Crippen LogP contribution < -0.4 is 5.73 Å². The number of unbranched alkanes of at least 4 members (excludes halogenated alkanes) is 6. The van der Waals surface area contributed by atoms with Gasteiger partial charge in [0.25, 0.3) is 0 Å². The molecule has 0 aromatic heterocycles. The highest BCUT2D eigenvalue weighted by atomic mass is 31.2. The molecule has 334 valence electrons. The average Bonchev–Trinajstić information content (AvgIpc) is 3.20. The number of rotatable bonds is 38. The van der Waals surface area contributed by atoms with Gasteiger partial charge in [-0.15, -0.1) is 0 Å². The third-order valence-corrected chi connectivity index (χ3v) is 9.29. The second-order valence-electron chi connectivity index (χ2n) is 14.0. The molecule has 12 nitrogen and oxygen atoms in total. The monoisotopic (exact) mass is 847 g/mol. The number of phosphoric acid groups is 1. The molecular formula is C46H74NO11P. The molecule has 0 saturated carbocycles. The van der Waals surface area contributed by atoms with Crippen molar-refractivity contribution >= 4 is 25.7 Å². The number of aliphatic carboxylic acids is 1. The standard InChI is InChI=1S/C46H74NO11P/c1-3-4-5-6-7-8-9-10-11-12-15-19-22-25-28-31-34-37-45(50)58-42(39-56-59(53,54)57-40-43(47)46(51)52)38-55-44(49)36-33-30-27-24-21-18-16-13-14-17-20-23-26-29-32-35-41(2)48/h4-5,7-8,10-11,14-19,23-24,26-27,41-43,48H,3,6,9,12-13,20-22,25,28-40,47H2,1-2H3,(H,51,52)(H,53,54)/b5-4-,8-7-,11-10-,17-14-,18-16-,19-15-,26-23-,27-24-/t41-,42-,43+/m1/s1. The van der Waals surface area contributed by atoms with Gasteiger partial charge >= 0.3 is 25.7 Å². The summed E-state index contributed by atoms with van der Waals surface area (Å²) >= 11 is 0. The number of hydrogen-bond donors (Lipinski definition) is 4. The number of ether oxygens (including phenoxy) is 2. The summed E-state index contributed by atoms with van der Waals surface area (Å²) < 4.78 is 32.6. The second-order valence-corrected chi connectivity index (χ2v) is 15.5. The van der Waals surface area contributed by atoms with E-state index in [4.69, 9.17) is 24.8 Å². The predicted molar refractivity (Wildman–Crippen MR) is 236 cm³/mol. The normalized spacial score (nSPS) is 15.2. The Kier molecular flexibility index (Phi) is 37.3. The summed E-state index contributed by atoms with van der Waals surface area (Å²) in [4.78, 5) is 45.9. The third-order valence-electron chi connectivity index (χ3n) is 8.33. The van der Waals surface area contributed by atoms with Crippen molar-refractivity contribution in [2.75, 3.05) is 19.8 Å². The quantitative estimate of drug-likeness (QED) is 0.0199. The van der Waals surface area contributed by atoms with Crippen molar-refractivity contribution in [2.24, 2.45) is 5.73 Å². The maximum atomic E-state index is 12.6. The van der Waals surface area contributed by atoms with Gasteiger partial charge in [0.05, 0.1) is 19.3 Å². The van der Waals surface area contributed by atoms with Crippen molar-refractivity contribution in [1.29, 1.82) is 0 Å². The van der Waals surface area contributed by atoms with Gasteiger partial charge in [-0.05, 0) is 103 Å². The fourth-order valence-corrected chi connectivity index (χ4v) is 5.78. The molecule has 0 bridgehead atoms. The molecule has 0 heterocycles. The number of nitrogens with two attached hydrogens (primary N) is 1. The predicted octanol–water partition coefficient (Wildman–Crippen LogP) is 10.2. The maximum absolute atomic E-state index is 12.6. The van der Waals surface area contributed by atoms with Crippen LogP contribution in [-0.4, -0.2) is 71.1 Å². The highest BCUT2D eigenvalue weighted by Gasteiger charge is 2.28. The number of hydrogen-bond acceptors (Lipinski definition) is 10. The molecule has 1 unspecified atom stereocenters. The smallest absolute Gasteiger partial charge is 0.472 e. The van der Waals surface area contributed by atoms with Gasteiger partial charge < -0.3 is 30.3 Å². The summed E-state index contributed by atoms with van der Waals surface area (Å²) in [5.74, 6) is -2.52. The molecule has 0 aliphatic heterocycles. The summed E-state index contributed by atoms with van der Waals surface area (Å²) in [6.45, 7) is 2.13. The first-order valence-corrected chi connectivity index (χ1v) is 22.8. The van der Waals surface area contributed by atoms with Gasteiger partial charge in [-0.3, -0.25) is 23.4 Å². The van der Waals surface area contributed by atoms with Crippen LogP contribution in [0, 0.1) is 0 Å². The second kappa shape index (κ2) is 39.8. The van der Waals surface area contributed by atoms with Gasteiger partial charge in [-0.1, -0.05) is 117 Å². The fourth-order valence-electron chi connectivity index (χ4n) is 5.01. The molecule has 0 amide bonds. The summed E-state index contributed by atoms with van der Waals surface area (Å²) in [6, 6.07) is -1.54. The zero-order chi connectivity index (χ0) is 43.7. The molecule has 0 fully saturated rings. The maximum Gasteiger partial charge on any atom is 0.472 e. The first-order valence-electron chi connectivity index (χ1n) is 21.3. The lowest BCUT2D eigenvalue weighted by atomic mass is 10.1. The van der Waals surface area contributed by atoms with E-state index >= 15 is 0 Å². The highest BCUT2D eigenvalue weighted by molar-refractivity contribution is 7.47. The summed E-state index contributed by atoms with van der Waals surface area (Å²) in [5, 5.41) is 18.1. The van der Waals surface area contributed by atoms with Crippen molar-refractivity contribution in [3.05, 3.63) is 97.2 Å². The minimum absolute atomic E-state index is 0.109. The molecule has 0 spiro atoms. The van der Waals surface area contributed by atoms with E-state index in [1.807, 2.05) is 19.1 Å². The molecule has 59 heavy (non-hydrogen) atoms. The number of allylic oxidation sites excluding steroid dienone is 16. The van der Waals surface area contributed by atoms with Crippen molar-refractivity contribution in [3.63, 3.8) is 0 Å². The number of carboxylic acid groups (broad SMARTS) is 1. The van der Waals surface area contributed by atoms with Gasteiger partial charge in [0, 0.05) is 12.8 Å². The van der Waals surface area contributed by atoms with Crippen LogP contribution in [0.5, 0.6) is 0 Å². The van der Waals surface area contributed by atoms with E-state index in [0.717, 1.165) is 89.9 Å². The van der Waals surface area contributed by atoms with Crippen LogP contribution in [0.2, 0.25) is 0 Å². The van der Waals surface area contributed by atoms with Crippen molar-refractivity contribution in [2.45, 2.75) is 154 Å². The topological polar surface area (TPSA) is 192 Å². The van der Waals surface area contributed by atoms with Gasteiger partial charge in [0.2, 0.25) is 0 Å². The Hall–Kier alpha value is -3.64. The van der Waals surface area contributed by atoms with E-state index in [0.29, 0.717) is 19.3 Å². The minimum atomic E-state index is -4.75. The van der Waals surface area contributed by atoms with Crippen LogP contribution >= 0.6 is 7.82 Å². The Morgan fingerprint density at radius 3 is 1.54 bits per heavy atom. The lowest BCUT2D eigenvalue weighted by Gasteiger charge is -2.20. The first kappa shape index (κ1) is 55.4. The number of esters is 2. The Bertz CT molecular complexity index is 1380. The van der Waals surface area contributed by atoms with Crippen LogP contribution in [0.15, 0.2) is 97.2 Å². The molecule has 4 atom stereocenters. The van der Waals surface area contributed by atoms with E-state index in [1.54, 1.807) is 0 Å². The van der Waals surface area contributed by atoms with Crippen LogP contribution in [0.3, 0.4) is 0 Å². The third kappa shape index (κ3) is 40.9. The Balaban J connectivity index is 4.54. The van der Waals surface area contributed by atoms with E-state index in [2.05, 4.69) is 96.5 Å². The average molecular weight is 848 g/mol. The van der Waals surface area contributed by atoms with Crippen LogP contribution in [0.25, 0.3) is 0 Å². The largest absolute Gasteiger partial charge is 0.480 e. The Morgan fingerprint density at radius 2 is 1.03 bits per heavy atom. The Morgan fingerprint density at radius 1 is 0.593 bits per heavy atom.